The molecular formula is C15H20N2O3. The Bertz CT molecular complexity index is 534. The molecule has 20 heavy (non-hydrogen) atoms. The summed E-state index contributed by atoms with van der Waals surface area (Å²) in [6.07, 6.45) is 0.463. The van der Waals surface area contributed by atoms with Gasteiger partial charge in [0.2, 0.25) is 0 Å². The highest BCUT2D eigenvalue weighted by Crippen LogP contribution is 2.30. The van der Waals surface area contributed by atoms with Gasteiger partial charge in [-0.15, -0.1) is 0 Å². The summed E-state index contributed by atoms with van der Waals surface area (Å²) < 4.78 is 0. The molecule has 0 aromatic heterocycles. The van der Waals surface area contributed by atoms with Gasteiger partial charge in [0, 0.05) is 17.8 Å². The number of carbonyl (C=O) groups excluding carboxylic acids is 1. The first kappa shape index (κ1) is 14.4. The fourth-order valence-electron chi connectivity index (χ4n) is 2.34. The number of nitrogens with zero attached hydrogens (tertiary/aromatic N) is 1. The lowest BCUT2D eigenvalue weighted by Gasteiger charge is -2.35. The third kappa shape index (κ3) is 3.10. The summed E-state index contributed by atoms with van der Waals surface area (Å²) >= 11 is 0. The topological polar surface area (TPSA) is 69.6 Å². The normalized spacial score (nSPS) is 18.4. The monoisotopic (exact) mass is 276 g/mol. The van der Waals surface area contributed by atoms with Gasteiger partial charge in [0.1, 0.15) is 0 Å². The van der Waals surface area contributed by atoms with Crippen LogP contribution in [0.15, 0.2) is 24.3 Å². The van der Waals surface area contributed by atoms with Crippen LogP contribution in [-0.4, -0.2) is 29.2 Å². The third-order valence-electron chi connectivity index (χ3n) is 3.23. The maximum Gasteiger partial charge on any atom is 0.322 e. The van der Waals surface area contributed by atoms with E-state index in [4.69, 9.17) is 0 Å². The minimum Gasteiger partial charge on any atom is -0.481 e. The number of nitrogens with one attached hydrogen (secondary N) is 1. The summed E-state index contributed by atoms with van der Waals surface area (Å²) in [5.41, 5.74) is 1.34. The lowest BCUT2D eigenvalue weighted by atomic mass is 9.92. The van der Waals surface area contributed by atoms with E-state index in [0.717, 1.165) is 11.3 Å². The van der Waals surface area contributed by atoms with Crippen LogP contribution in [-0.2, 0) is 11.2 Å². The summed E-state index contributed by atoms with van der Waals surface area (Å²) in [6, 6.07) is 7.20. The first-order valence-corrected chi connectivity index (χ1v) is 6.68. The second-order valence-electron chi connectivity index (χ2n) is 6.16. The highest BCUT2D eigenvalue weighted by atomic mass is 16.4. The number of hydrogen-bond acceptors (Lipinski definition) is 2. The van der Waals surface area contributed by atoms with Gasteiger partial charge in [0.25, 0.3) is 0 Å². The Balaban J connectivity index is 2.31. The second kappa shape index (κ2) is 5.15. The Morgan fingerprint density at radius 2 is 1.95 bits per heavy atom. The molecule has 1 heterocycles. The van der Waals surface area contributed by atoms with E-state index in [1.165, 1.54) is 4.90 Å². The van der Waals surface area contributed by atoms with Gasteiger partial charge >= 0.3 is 12.0 Å². The molecule has 1 aromatic rings. The smallest absolute Gasteiger partial charge is 0.322 e. The zero-order valence-corrected chi connectivity index (χ0v) is 12.0. The van der Waals surface area contributed by atoms with Crippen molar-refractivity contribution < 1.29 is 14.7 Å². The first-order chi connectivity index (χ1) is 9.28. The van der Waals surface area contributed by atoms with Crippen molar-refractivity contribution in [1.82, 2.24) is 5.32 Å². The number of benzene rings is 1. The maximum absolute atomic E-state index is 12.4. The average molecular weight is 276 g/mol. The zero-order chi connectivity index (χ0) is 14.9. The first-order valence-electron chi connectivity index (χ1n) is 6.68. The molecule has 0 aliphatic carbocycles. The van der Waals surface area contributed by atoms with Gasteiger partial charge in [-0.3, -0.25) is 9.69 Å². The zero-order valence-electron chi connectivity index (χ0n) is 12.0. The van der Waals surface area contributed by atoms with Crippen LogP contribution >= 0.6 is 0 Å². The number of hydrogen-bond donors (Lipinski definition) is 2. The summed E-state index contributed by atoms with van der Waals surface area (Å²) in [7, 11) is 0. The number of carbonyl (C=O) groups is 2. The number of carboxylic acids is 1. The number of fused-ring (bicyclic) bond motifs is 1. The number of urea groups is 1. The molecule has 0 radical (unpaired) electrons. The van der Waals surface area contributed by atoms with Gasteiger partial charge in [-0.05, 0) is 38.8 Å². The van der Waals surface area contributed by atoms with Crippen molar-refractivity contribution in [1.29, 1.82) is 0 Å². The van der Waals surface area contributed by atoms with E-state index >= 15 is 0 Å². The Hall–Kier alpha value is -2.04. The largest absolute Gasteiger partial charge is 0.481 e. The van der Waals surface area contributed by atoms with E-state index < -0.39 is 11.9 Å². The minimum atomic E-state index is -0.868. The molecular weight excluding hydrogens is 256 g/mol. The van der Waals surface area contributed by atoms with Crippen molar-refractivity contribution in [3.05, 3.63) is 29.8 Å². The Morgan fingerprint density at radius 3 is 2.55 bits per heavy atom. The van der Waals surface area contributed by atoms with Crippen LogP contribution in [0.25, 0.3) is 0 Å². The van der Waals surface area contributed by atoms with E-state index in [1.807, 2.05) is 45.0 Å². The fraction of sp³-hybridized carbons (Fsp3) is 0.467. The van der Waals surface area contributed by atoms with Crippen LogP contribution in [0.3, 0.4) is 0 Å². The molecule has 5 heteroatoms. The molecule has 5 nitrogen and oxygen atoms in total. The number of amides is 2. The molecule has 1 aromatic carbocycles. The van der Waals surface area contributed by atoms with Gasteiger partial charge in [0.15, 0.2) is 0 Å². The van der Waals surface area contributed by atoms with E-state index in [0.29, 0.717) is 6.42 Å². The molecule has 0 spiro atoms. The van der Waals surface area contributed by atoms with Crippen LogP contribution in [0.2, 0.25) is 0 Å². The molecule has 0 saturated carbocycles. The molecule has 1 atom stereocenters. The van der Waals surface area contributed by atoms with Crippen LogP contribution < -0.4 is 10.2 Å². The maximum atomic E-state index is 12.4. The van der Waals surface area contributed by atoms with Crippen molar-refractivity contribution in [3.8, 4) is 0 Å². The number of carboxylic acid groups (broad SMARTS) is 1. The van der Waals surface area contributed by atoms with Crippen molar-refractivity contribution in [2.75, 3.05) is 11.4 Å². The summed E-state index contributed by atoms with van der Waals surface area (Å²) in [5, 5.41) is 12.1. The van der Waals surface area contributed by atoms with Gasteiger partial charge in [0.05, 0.1) is 5.92 Å². The van der Waals surface area contributed by atoms with Crippen molar-refractivity contribution >= 4 is 17.7 Å². The van der Waals surface area contributed by atoms with E-state index in [1.54, 1.807) is 0 Å². The van der Waals surface area contributed by atoms with Crippen LogP contribution in [0.1, 0.15) is 26.3 Å². The lowest BCUT2D eigenvalue weighted by molar-refractivity contribution is -0.141. The highest BCUT2D eigenvalue weighted by Gasteiger charge is 2.33. The summed E-state index contributed by atoms with van der Waals surface area (Å²) in [6.45, 7) is 5.90. The lowest BCUT2D eigenvalue weighted by Crippen LogP contribution is -2.52. The van der Waals surface area contributed by atoms with Gasteiger partial charge in [-0.25, -0.2) is 4.79 Å². The Morgan fingerprint density at radius 1 is 1.30 bits per heavy atom. The highest BCUT2D eigenvalue weighted by molar-refractivity contribution is 5.95. The Labute approximate surface area is 118 Å². The second-order valence-corrected chi connectivity index (χ2v) is 6.16. The van der Waals surface area contributed by atoms with Crippen molar-refractivity contribution in [2.24, 2.45) is 5.92 Å². The van der Waals surface area contributed by atoms with E-state index in [2.05, 4.69) is 5.32 Å². The molecule has 1 aliphatic heterocycles. The van der Waals surface area contributed by atoms with Crippen molar-refractivity contribution in [3.63, 3.8) is 0 Å². The van der Waals surface area contributed by atoms with Crippen LogP contribution in [0.4, 0.5) is 10.5 Å². The van der Waals surface area contributed by atoms with Gasteiger partial charge in [-0.1, -0.05) is 18.2 Å². The van der Waals surface area contributed by atoms with Crippen LogP contribution in [0, 0.1) is 5.92 Å². The molecule has 2 N–H and O–H groups in total. The number of para-hydroxylation sites is 1. The van der Waals surface area contributed by atoms with E-state index in [9.17, 15) is 14.7 Å². The SMILES string of the molecule is CC(C)(C)NC(=O)N1CC(C(=O)O)Cc2ccccc21. The van der Waals surface area contributed by atoms with Crippen molar-refractivity contribution in [2.45, 2.75) is 32.7 Å². The number of anilines is 1. The molecule has 108 valence electrons. The van der Waals surface area contributed by atoms with Gasteiger partial charge in [-0.2, -0.15) is 0 Å². The summed E-state index contributed by atoms with van der Waals surface area (Å²) in [4.78, 5) is 25.2. The quantitative estimate of drug-likeness (QED) is 0.826. The Kier molecular flexibility index (Phi) is 3.70. The molecule has 1 aliphatic rings. The number of rotatable bonds is 1. The minimum absolute atomic E-state index is 0.203. The van der Waals surface area contributed by atoms with E-state index in [-0.39, 0.29) is 18.1 Å². The third-order valence-corrected chi connectivity index (χ3v) is 3.23. The number of aliphatic carboxylic acids is 1. The average Bonchev–Trinajstić information content (AvgIpc) is 2.35. The van der Waals surface area contributed by atoms with Gasteiger partial charge < -0.3 is 10.4 Å². The predicted molar refractivity (Wildman–Crippen MR) is 76.9 cm³/mol. The van der Waals surface area contributed by atoms with Crippen LogP contribution in [0.5, 0.6) is 0 Å². The molecule has 0 bridgehead atoms. The predicted octanol–water partition coefficient (Wildman–Crippen LogP) is 2.26. The molecule has 1 unspecified atom stereocenters. The standard InChI is InChI=1S/C15H20N2O3/c1-15(2,3)16-14(20)17-9-11(13(18)19)8-10-6-4-5-7-12(10)17/h4-7,11H,8-9H2,1-3H3,(H,16,20)(H,18,19). The molecule has 2 amide bonds. The molecule has 0 saturated heterocycles. The fourth-order valence-corrected chi connectivity index (χ4v) is 2.34. The molecule has 0 fully saturated rings. The summed E-state index contributed by atoms with van der Waals surface area (Å²) in [5.74, 6) is -1.43. The molecule has 2 rings (SSSR count).